The van der Waals surface area contributed by atoms with Crippen molar-refractivity contribution in [3.8, 4) is 11.5 Å². The van der Waals surface area contributed by atoms with E-state index in [2.05, 4.69) is 6.58 Å². The zero-order valence-corrected chi connectivity index (χ0v) is 19.7. The maximum atomic E-state index is 11.5. The van der Waals surface area contributed by atoms with Crippen LogP contribution in [0.2, 0.25) is 0 Å². The Balaban J connectivity index is 0.000000320. The van der Waals surface area contributed by atoms with Crippen molar-refractivity contribution in [1.29, 1.82) is 0 Å². The molecule has 0 aromatic heterocycles. The Hall–Kier alpha value is -3.54. The summed E-state index contributed by atoms with van der Waals surface area (Å²) in [6, 6.07) is 3.02. The number of carbonyl (C=O) groups is 4. The van der Waals surface area contributed by atoms with Gasteiger partial charge in [0.25, 0.3) is 0 Å². The van der Waals surface area contributed by atoms with E-state index in [9.17, 15) is 29.4 Å². The molecule has 0 fully saturated rings. The standard InChI is InChI=1S/C13H16O3.C13H14O3/c2*1-5-10-6-11(16)13(9(4)15)12(7(10)2)8(3)14/h6,16H,5H2,1-4H3;5-6,16H,1H2,2-4H3. The van der Waals surface area contributed by atoms with Gasteiger partial charge in [0.15, 0.2) is 23.1 Å². The molecule has 0 bridgehead atoms. The van der Waals surface area contributed by atoms with Crippen molar-refractivity contribution in [2.75, 3.05) is 0 Å². The second-order valence-electron chi connectivity index (χ2n) is 7.57. The predicted molar refractivity (Wildman–Crippen MR) is 125 cm³/mol. The molecule has 0 atom stereocenters. The van der Waals surface area contributed by atoms with Crippen molar-refractivity contribution in [3.63, 3.8) is 0 Å². The third kappa shape index (κ3) is 5.38. The summed E-state index contributed by atoms with van der Waals surface area (Å²) in [6.07, 6.45) is 2.27. The molecule has 0 unspecified atom stereocenters. The molecule has 2 aromatic rings. The lowest BCUT2D eigenvalue weighted by Crippen LogP contribution is -2.09. The minimum Gasteiger partial charge on any atom is -0.507 e. The number of hydrogen-bond donors (Lipinski definition) is 2. The van der Waals surface area contributed by atoms with Crippen molar-refractivity contribution < 1.29 is 29.4 Å². The van der Waals surface area contributed by atoms with Crippen molar-refractivity contribution >= 4 is 29.2 Å². The smallest absolute Gasteiger partial charge is 0.164 e. The minimum atomic E-state index is -0.318. The summed E-state index contributed by atoms with van der Waals surface area (Å²) in [5, 5.41) is 19.5. The number of carbonyl (C=O) groups excluding carboxylic acids is 4. The third-order valence-electron chi connectivity index (χ3n) is 5.29. The molecule has 0 aliphatic carbocycles. The Labute approximate surface area is 188 Å². The molecule has 0 amide bonds. The van der Waals surface area contributed by atoms with E-state index < -0.39 is 0 Å². The van der Waals surface area contributed by atoms with Crippen LogP contribution in [-0.2, 0) is 6.42 Å². The number of Topliss-reactive ketones (excluding diaryl/α,β-unsaturated/α-hetero) is 4. The Kier molecular flexibility index (Phi) is 8.83. The average Bonchev–Trinajstić information content (AvgIpc) is 2.69. The maximum Gasteiger partial charge on any atom is 0.164 e. The number of aromatic hydroxyl groups is 2. The number of phenolic OH excluding ortho intramolecular Hbond substituents is 2. The molecule has 32 heavy (non-hydrogen) atoms. The normalized spacial score (nSPS) is 10.1. The lowest BCUT2D eigenvalue weighted by Gasteiger charge is -2.13. The van der Waals surface area contributed by atoms with Crippen LogP contribution < -0.4 is 0 Å². The van der Waals surface area contributed by atoms with E-state index in [4.69, 9.17) is 0 Å². The van der Waals surface area contributed by atoms with Crippen molar-refractivity contribution in [2.24, 2.45) is 0 Å². The van der Waals surface area contributed by atoms with E-state index >= 15 is 0 Å². The molecule has 0 spiro atoms. The summed E-state index contributed by atoms with van der Waals surface area (Å²) in [4.78, 5) is 45.9. The number of phenols is 2. The van der Waals surface area contributed by atoms with Crippen LogP contribution in [0.15, 0.2) is 18.7 Å². The van der Waals surface area contributed by atoms with E-state index in [1.807, 2.05) is 6.92 Å². The summed E-state index contributed by atoms with van der Waals surface area (Å²) in [6.45, 7) is 14.6. The molecule has 2 N–H and O–H groups in total. The second kappa shape index (κ2) is 10.7. The number of aryl methyl sites for hydroxylation is 1. The van der Waals surface area contributed by atoms with Crippen molar-refractivity contribution in [1.82, 2.24) is 0 Å². The van der Waals surface area contributed by atoms with Gasteiger partial charge in [0, 0.05) is 11.1 Å². The molecule has 6 nitrogen and oxygen atoms in total. The van der Waals surface area contributed by atoms with Gasteiger partial charge < -0.3 is 10.2 Å². The first-order valence-corrected chi connectivity index (χ1v) is 10.2. The van der Waals surface area contributed by atoms with E-state index in [1.54, 1.807) is 26.0 Å². The number of rotatable bonds is 6. The van der Waals surface area contributed by atoms with E-state index in [-0.39, 0.29) is 51.3 Å². The van der Waals surface area contributed by atoms with Gasteiger partial charge in [-0.05, 0) is 82.3 Å². The highest BCUT2D eigenvalue weighted by molar-refractivity contribution is 6.11. The Morgan fingerprint density at radius 2 is 1.12 bits per heavy atom. The van der Waals surface area contributed by atoms with Gasteiger partial charge in [0.05, 0.1) is 11.1 Å². The third-order valence-corrected chi connectivity index (χ3v) is 5.29. The fourth-order valence-electron chi connectivity index (χ4n) is 3.78. The van der Waals surface area contributed by atoms with Gasteiger partial charge in [-0.2, -0.15) is 0 Å². The quantitative estimate of drug-likeness (QED) is 0.583. The van der Waals surface area contributed by atoms with Gasteiger partial charge >= 0.3 is 0 Å². The molecule has 0 radical (unpaired) electrons. The minimum absolute atomic E-state index is 0.0931. The van der Waals surface area contributed by atoms with Crippen LogP contribution >= 0.6 is 0 Å². The van der Waals surface area contributed by atoms with E-state index in [0.29, 0.717) is 16.7 Å². The molecule has 0 heterocycles. The monoisotopic (exact) mass is 438 g/mol. The number of ketones is 4. The van der Waals surface area contributed by atoms with Gasteiger partial charge in [-0.3, -0.25) is 19.2 Å². The molecular weight excluding hydrogens is 408 g/mol. The molecule has 170 valence electrons. The highest BCUT2D eigenvalue weighted by Gasteiger charge is 2.21. The number of benzene rings is 2. The molecule has 6 heteroatoms. The first-order chi connectivity index (χ1) is 14.8. The van der Waals surface area contributed by atoms with Crippen LogP contribution in [0.4, 0.5) is 0 Å². The van der Waals surface area contributed by atoms with Gasteiger partial charge in [0.1, 0.15) is 11.5 Å². The lowest BCUT2D eigenvalue weighted by atomic mass is 9.91. The summed E-state index contributed by atoms with van der Waals surface area (Å²) in [7, 11) is 0. The predicted octanol–water partition coefficient (Wildman–Crippen LogP) is 5.42. The Morgan fingerprint density at radius 1 is 0.750 bits per heavy atom. The average molecular weight is 439 g/mol. The van der Waals surface area contributed by atoms with Crippen LogP contribution in [0, 0.1) is 13.8 Å². The van der Waals surface area contributed by atoms with E-state index in [1.165, 1.54) is 33.8 Å². The van der Waals surface area contributed by atoms with Gasteiger partial charge in [-0.15, -0.1) is 0 Å². The Bertz CT molecular complexity index is 1120. The summed E-state index contributed by atoms with van der Waals surface area (Å²) < 4.78 is 0. The van der Waals surface area contributed by atoms with Crippen molar-refractivity contribution in [2.45, 2.75) is 54.9 Å². The summed E-state index contributed by atoms with van der Waals surface area (Å²) >= 11 is 0. The Morgan fingerprint density at radius 3 is 1.47 bits per heavy atom. The molecule has 0 aliphatic heterocycles. The molecule has 0 aliphatic rings. The molecule has 0 saturated carbocycles. The van der Waals surface area contributed by atoms with Gasteiger partial charge in [-0.1, -0.05) is 19.6 Å². The van der Waals surface area contributed by atoms with Crippen LogP contribution in [-0.4, -0.2) is 33.3 Å². The SMILES string of the molecule is C=Cc1cc(O)c(C(C)=O)c(C(C)=O)c1C.CCc1cc(O)c(C(C)=O)c(C(C)=O)c1C. The van der Waals surface area contributed by atoms with Crippen LogP contribution in [0.25, 0.3) is 6.08 Å². The molecule has 0 saturated heterocycles. The largest absolute Gasteiger partial charge is 0.507 e. The fourth-order valence-corrected chi connectivity index (χ4v) is 3.78. The fraction of sp³-hybridized carbons (Fsp3) is 0.308. The summed E-state index contributed by atoms with van der Waals surface area (Å²) in [5.41, 5.74) is 3.88. The number of hydrogen-bond acceptors (Lipinski definition) is 6. The second-order valence-corrected chi connectivity index (χ2v) is 7.57. The highest BCUT2D eigenvalue weighted by atomic mass is 16.3. The zero-order valence-electron chi connectivity index (χ0n) is 19.7. The van der Waals surface area contributed by atoms with Gasteiger partial charge in [-0.25, -0.2) is 0 Å². The zero-order chi connectivity index (χ0) is 24.9. The van der Waals surface area contributed by atoms with Crippen LogP contribution in [0.5, 0.6) is 11.5 Å². The first kappa shape index (κ1) is 26.5. The van der Waals surface area contributed by atoms with Crippen molar-refractivity contribution in [3.05, 3.63) is 63.2 Å². The lowest BCUT2D eigenvalue weighted by molar-refractivity contribution is 0.0977. The molecular formula is C26H30O6. The topological polar surface area (TPSA) is 109 Å². The summed E-state index contributed by atoms with van der Waals surface area (Å²) in [5.74, 6) is -1.29. The van der Waals surface area contributed by atoms with E-state index in [0.717, 1.165) is 17.5 Å². The highest BCUT2D eigenvalue weighted by Crippen LogP contribution is 2.30. The maximum absolute atomic E-state index is 11.5. The van der Waals surface area contributed by atoms with Crippen LogP contribution in [0.3, 0.4) is 0 Å². The molecule has 2 aromatic carbocycles. The molecule has 2 rings (SSSR count). The first-order valence-electron chi connectivity index (χ1n) is 10.2. The van der Waals surface area contributed by atoms with Gasteiger partial charge in [0.2, 0.25) is 0 Å². The van der Waals surface area contributed by atoms with Crippen LogP contribution in [0.1, 0.15) is 98.3 Å².